The smallest absolute Gasteiger partial charge is 0.226 e. The van der Waals surface area contributed by atoms with Crippen LogP contribution < -0.4 is 4.90 Å². The summed E-state index contributed by atoms with van der Waals surface area (Å²) in [6, 6.07) is 12.1. The normalized spacial score (nSPS) is 15.0. The summed E-state index contributed by atoms with van der Waals surface area (Å²) in [7, 11) is 0. The molecule has 3 rings (SSSR count). The van der Waals surface area contributed by atoms with Crippen LogP contribution in [0.2, 0.25) is 0 Å². The van der Waals surface area contributed by atoms with E-state index in [2.05, 4.69) is 61.1 Å². The van der Waals surface area contributed by atoms with Crippen molar-refractivity contribution in [2.45, 2.75) is 38.6 Å². The first-order valence-corrected chi connectivity index (χ1v) is 9.26. The minimum atomic E-state index is 0.421. The van der Waals surface area contributed by atoms with Gasteiger partial charge in [0.05, 0.1) is 0 Å². The van der Waals surface area contributed by atoms with Crippen LogP contribution in [-0.4, -0.2) is 16.5 Å². The van der Waals surface area contributed by atoms with E-state index in [1.165, 1.54) is 37.7 Å². The molecule has 1 fully saturated rings. The van der Waals surface area contributed by atoms with Crippen molar-refractivity contribution in [3.05, 3.63) is 52.3 Å². The highest BCUT2D eigenvalue weighted by molar-refractivity contribution is 9.10. The topological polar surface area (TPSA) is 52.8 Å². The molecule has 1 aromatic heterocycles. The molecule has 0 radical (unpaired) electrons. The summed E-state index contributed by atoms with van der Waals surface area (Å²) in [6.07, 6.45) is 8.20. The Labute approximate surface area is 151 Å². The first-order chi connectivity index (χ1) is 11.7. The van der Waals surface area contributed by atoms with Crippen LogP contribution in [0.25, 0.3) is 0 Å². The number of halogens is 1. The minimum absolute atomic E-state index is 0.421. The Balaban J connectivity index is 1.81. The van der Waals surface area contributed by atoms with Crippen LogP contribution in [0, 0.1) is 17.2 Å². The Morgan fingerprint density at radius 3 is 2.58 bits per heavy atom. The van der Waals surface area contributed by atoms with Gasteiger partial charge in [-0.05, 0) is 42.5 Å². The second-order valence-electron chi connectivity index (χ2n) is 6.36. The van der Waals surface area contributed by atoms with E-state index in [0.717, 1.165) is 17.6 Å². The lowest BCUT2D eigenvalue weighted by molar-refractivity contribution is 0.356. The van der Waals surface area contributed by atoms with Crippen molar-refractivity contribution in [1.82, 2.24) is 9.97 Å². The van der Waals surface area contributed by atoms with E-state index in [4.69, 9.17) is 5.26 Å². The fourth-order valence-corrected chi connectivity index (χ4v) is 3.54. The molecule has 1 heterocycles. The van der Waals surface area contributed by atoms with Crippen LogP contribution in [0.5, 0.6) is 0 Å². The largest absolute Gasteiger partial charge is 0.336 e. The summed E-state index contributed by atoms with van der Waals surface area (Å²) in [5, 5.41) is 9.12. The maximum atomic E-state index is 9.12. The molecule has 24 heavy (non-hydrogen) atoms. The van der Waals surface area contributed by atoms with Crippen LogP contribution in [0.4, 0.5) is 5.95 Å². The summed E-state index contributed by atoms with van der Waals surface area (Å²) in [4.78, 5) is 11.1. The van der Waals surface area contributed by atoms with Crippen molar-refractivity contribution in [2.24, 2.45) is 5.92 Å². The zero-order chi connectivity index (χ0) is 16.8. The van der Waals surface area contributed by atoms with Gasteiger partial charge in [0.1, 0.15) is 11.8 Å². The lowest BCUT2D eigenvalue weighted by Gasteiger charge is -2.30. The molecule has 0 amide bonds. The molecule has 0 spiro atoms. The predicted octanol–water partition coefficient (Wildman–Crippen LogP) is 4.70. The van der Waals surface area contributed by atoms with Crippen molar-refractivity contribution in [3.63, 3.8) is 0 Å². The van der Waals surface area contributed by atoms with Gasteiger partial charge in [-0.2, -0.15) is 5.26 Å². The molecule has 2 aromatic rings. The number of hydrogen-bond donors (Lipinski definition) is 0. The highest BCUT2D eigenvalue weighted by Gasteiger charge is 2.19. The summed E-state index contributed by atoms with van der Waals surface area (Å²) in [5.74, 6) is 1.34. The minimum Gasteiger partial charge on any atom is -0.336 e. The van der Waals surface area contributed by atoms with E-state index in [0.29, 0.717) is 17.6 Å². The summed E-state index contributed by atoms with van der Waals surface area (Å²) in [6.45, 7) is 1.71. The lowest BCUT2D eigenvalue weighted by Crippen LogP contribution is -2.31. The van der Waals surface area contributed by atoms with E-state index in [-0.39, 0.29) is 0 Å². The molecule has 0 N–H and O–H groups in total. The Hall–Kier alpha value is -1.93. The number of anilines is 1. The highest BCUT2D eigenvalue weighted by Crippen LogP contribution is 2.26. The fourth-order valence-electron chi connectivity index (χ4n) is 3.27. The van der Waals surface area contributed by atoms with Crippen molar-refractivity contribution >= 4 is 21.9 Å². The first-order valence-electron chi connectivity index (χ1n) is 8.47. The zero-order valence-corrected chi connectivity index (χ0v) is 15.2. The molecule has 124 valence electrons. The Morgan fingerprint density at radius 2 is 1.88 bits per heavy atom. The second-order valence-corrected chi connectivity index (χ2v) is 7.28. The maximum absolute atomic E-state index is 9.12. The molecule has 0 bridgehead atoms. The van der Waals surface area contributed by atoms with Gasteiger partial charge in [0.15, 0.2) is 0 Å². The van der Waals surface area contributed by atoms with Crippen LogP contribution in [0.15, 0.2) is 41.0 Å². The molecule has 1 aliphatic rings. The number of aromatic nitrogens is 2. The third-order valence-electron chi connectivity index (χ3n) is 4.53. The van der Waals surface area contributed by atoms with E-state index < -0.39 is 0 Å². The first kappa shape index (κ1) is 16.9. The molecular weight excluding hydrogens is 364 g/mol. The molecule has 1 aromatic carbocycles. The van der Waals surface area contributed by atoms with E-state index >= 15 is 0 Å². The Bertz CT molecular complexity index is 702. The summed E-state index contributed by atoms with van der Waals surface area (Å²) < 4.78 is 1.08. The fraction of sp³-hybridized carbons (Fsp3) is 0.421. The van der Waals surface area contributed by atoms with E-state index in [1.54, 1.807) is 12.3 Å². The van der Waals surface area contributed by atoms with Crippen molar-refractivity contribution in [2.75, 3.05) is 11.4 Å². The van der Waals surface area contributed by atoms with Gasteiger partial charge in [0.25, 0.3) is 0 Å². The van der Waals surface area contributed by atoms with Crippen LogP contribution in [0.3, 0.4) is 0 Å². The molecule has 4 nitrogen and oxygen atoms in total. The van der Waals surface area contributed by atoms with Gasteiger partial charge in [0.2, 0.25) is 5.95 Å². The molecular formula is C19H21BrN4. The van der Waals surface area contributed by atoms with Crippen LogP contribution in [-0.2, 0) is 6.54 Å². The Kier molecular flexibility index (Phi) is 5.81. The monoisotopic (exact) mass is 384 g/mol. The molecule has 0 saturated heterocycles. The number of benzene rings is 1. The van der Waals surface area contributed by atoms with Crippen LogP contribution in [0.1, 0.15) is 43.4 Å². The maximum Gasteiger partial charge on any atom is 0.226 e. The van der Waals surface area contributed by atoms with Crippen molar-refractivity contribution in [1.29, 1.82) is 5.26 Å². The van der Waals surface area contributed by atoms with Crippen molar-refractivity contribution in [3.8, 4) is 6.07 Å². The standard InChI is InChI=1S/C19H21BrN4/c20-17-8-6-16(7-9-17)14-24(13-15-4-2-1-3-5-15)19-22-11-10-18(12-21)23-19/h6-11,15H,1-5,13-14H2. The van der Waals surface area contributed by atoms with Gasteiger partial charge in [-0.1, -0.05) is 47.3 Å². The average Bonchev–Trinajstić information content (AvgIpc) is 2.64. The van der Waals surface area contributed by atoms with Gasteiger partial charge in [-0.3, -0.25) is 0 Å². The summed E-state index contributed by atoms with van der Waals surface area (Å²) >= 11 is 3.48. The molecule has 0 atom stereocenters. The molecule has 5 heteroatoms. The molecule has 1 aliphatic carbocycles. The van der Waals surface area contributed by atoms with Gasteiger partial charge >= 0.3 is 0 Å². The van der Waals surface area contributed by atoms with Crippen LogP contribution >= 0.6 is 15.9 Å². The van der Waals surface area contributed by atoms with E-state index in [9.17, 15) is 0 Å². The highest BCUT2D eigenvalue weighted by atomic mass is 79.9. The SMILES string of the molecule is N#Cc1ccnc(N(Cc2ccc(Br)cc2)CC2CCCCC2)n1. The van der Waals surface area contributed by atoms with Gasteiger partial charge < -0.3 is 4.90 Å². The zero-order valence-electron chi connectivity index (χ0n) is 13.7. The predicted molar refractivity (Wildman–Crippen MR) is 98.5 cm³/mol. The van der Waals surface area contributed by atoms with E-state index in [1.807, 2.05) is 0 Å². The lowest BCUT2D eigenvalue weighted by atomic mass is 9.89. The van der Waals surface area contributed by atoms with Gasteiger partial charge in [0, 0.05) is 23.8 Å². The second kappa shape index (κ2) is 8.25. The Morgan fingerprint density at radius 1 is 1.12 bits per heavy atom. The van der Waals surface area contributed by atoms with Gasteiger partial charge in [-0.15, -0.1) is 0 Å². The number of nitrogens with zero attached hydrogens (tertiary/aromatic N) is 4. The molecule has 0 aliphatic heterocycles. The third kappa shape index (κ3) is 4.55. The average molecular weight is 385 g/mol. The molecule has 0 unspecified atom stereocenters. The number of hydrogen-bond acceptors (Lipinski definition) is 4. The summed E-state index contributed by atoms with van der Waals surface area (Å²) in [5.41, 5.74) is 1.64. The number of nitriles is 1. The van der Waals surface area contributed by atoms with Gasteiger partial charge in [-0.25, -0.2) is 9.97 Å². The molecule has 1 saturated carbocycles. The third-order valence-corrected chi connectivity index (χ3v) is 5.06. The number of rotatable bonds is 5. The quantitative estimate of drug-likeness (QED) is 0.749. The van der Waals surface area contributed by atoms with Crippen molar-refractivity contribution < 1.29 is 0 Å².